The molecule has 0 fully saturated rings. The molecule has 0 radical (unpaired) electrons. The molecule has 0 unspecified atom stereocenters. The second-order valence-corrected chi connectivity index (χ2v) is 2.22. The van der Waals surface area contributed by atoms with Crippen LogP contribution in [-0.2, 0) is 0 Å². The van der Waals surface area contributed by atoms with Crippen molar-refractivity contribution in [1.29, 1.82) is 0 Å². The number of rotatable bonds is 3. The van der Waals surface area contributed by atoms with Crippen molar-refractivity contribution < 1.29 is 14.9 Å². The predicted molar refractivity (Wildman–Crippen MR) is 45.5 cm³/mol. The Morgan fingerprint density at radius 2 is 2.17 bits per heavy atom. The van der Waals surface area contributed by atoms with Crippen molar-refractivity contribution in [2.45, 2.75) is 0 Å². The number of phenolic OH excluding ortho intramolecular Hbond substituents is 2. The van der Waals surface area contributed by atoms with Crippen molar-refractivity contribution in [3.8, 4) is 17.2 Å². The second kappa shape index (κ2) is 3.67. The SMILES string of the molecule is C=CCOc1cccc(O)c1O. The van der Waals surface area contributed by atoms with Gasteiger partial charge >= 0.3 is 0 Å². The minimum absolute atomic E-state index is 0.184. The van der Waals surface area contributed by atoms with Crippen LogP contribution in [0.2, 0.25) is 0 Å². The molecule has 0 saturated heterocycles. The second-order valence-electron chi connectivity index (χ2n) is 2.22. The van der Waals surface area contributed by atoms with E-state index in [1.54, 1.807) is 18.2 Å². The van der Waals surface area contributed by atoms with E-state index in [4.69, 9.17) is 9.84 Å². The van der Waals surface area contributed by atoms with Gasteiger partial charge in [-0.1, -0.05) is 18.7 Å². The van der Waals surface area contributed by atoms with E-state index < -0.39 is 0 Å². The standard InChI is InChI=1S/C9H10O3/c1-2-6-12-8-5-3-4-7(10)9(8)11/h2-5,10-11H,1,6H2. The maximum Gasteiger partial charge on any atom is 0.200 e. The molecule has 0 atom stereocenters. The molecule has 3 heteroatoms. The molecule has 1 aromatic carbocycles. The molecule has 0 saturated carbocycles. The molecule has 1 rings (SSSR count). The van der Waals surface area contributed by atoms with E-state index in [1.165, 1.54) is 6.07 Å². The Kier molecular flexibility index (Phi) is 2.58. The van der Waals surface area contributed by atoms with E-state index >= 15 is 0 Å². The van der Waals surface area contributed by atoms with Gasteiger partial charge in [-0.3, -0.25) is 0 Å². The van der Waals surface area contributed by atoms with Gasteiger partial charge < -0.3 is 14.9 Å². The van der Waals surface area contributed by atoms with Crippen molar-refractivity contribution in [1.82, 2.24) is 0 Å². The minimum Gasteiger partial charge on any atom is -0.504 e. The first-order chi connectivity index (χ1) is 5.75. The molecule has 0 bridgehead atoms. The number of benzene rings is 1. The van der Waals surface area contributed by atoms with Crippen LogP contribution in [0.15, 0.2) is 30.9 Å². The monoisotopic (exact) mass is 166 g/mol. The van der Waals surface area contributed by atoms with Crippen molar-refractivity contribution in [3.05, 3.63) is 30.9 Å². The summed E-state index contributed by atoms with van der Waals surface area (Å²) in [6.45, 7) is 3.76. The van der Waals surface area contributed by atoms with Crippen molar-refractivity contribution in [2.24, 2.45) is 0 Å². The molecule has 0 heterocycles. The molecule has 0 aliphatic carbocycles. The highest BCUT2D eigenvalue weighted by Crippen LogP contribution is 2.34. The topological polar surface area (TPSA) is 49.7 Å². The van der Waals surface area contributed by atoms with E-state index in [1.807, 2.05) is 0 Å². The molecule has 0 aromatic heterocycles. The Morgan fingerprint density at radius 1 is 1.42 bits per heavy atom. The Bertz CT molecular complexity index is 281. The van der Waals surface area contributed by atoms with E-state index in [0.29, 0.717) is 6.61 Å². The number of para-hydroxylation sites is 1. The zero-order chi connectivity index (χ0) is 8.97. The van der Waals surface area contributed by atoms with Gasteiger partial charge in [0.1, 0.15) is 6.61 Å². The maximum atomic E-state index is 9.21. The Hall–Kier alpha value is -1.64. The highest BCUT2D eigenvalue weighted by molar-refractivity contribution is 5.48. The lowest BCUT2D eigenvalue weighted by molar-refractivity contribution is 0.324. The van der Waals surface area contributed by atoms with Crippen LogP contribution < -0.4 is 4.74 Å². The van der Waals surface area contributed by atoms with Crippen LogP contribution in [0.3, 0.4) is 0 Å². The Morgan fingerprint density at radius 3 is 2.83 bits per heavy atom. The number of phenols is 2. The smallest absolute Gasteiger partial charge is 0.200 e. The van der Waals surface area contributed by atoms with Gasteiger partial charge in [-0.25, -0.2) is 0 Å². The minimum atomic E-state index is -0.237. The molecule has 3 nitrogen and oxygen atoms in total. The van der Waals surface area contributed by atoms with Gasteiger partial charge in [-0.15, -0.1) is 0 Å². The van der Waals surface area contributed by atoms with Gasteiger partial charge in [0.15, 0.2) is 11.5 Å². The summed E-state index contributed by atoms with van der Waals surface area (Å²) in [5.41, 5.74) is 0. The highest BCUT2D eigenvalue weighted by Gasteiger charge is 2.04. The van der Waals surface area contributed by atoms with Crippen LogP contribution >= 0.6 is 0 Å². The highest BCUT2D eigenvalue weighted by atomic mass is 16.5. The molecular formula is C9H10O3. The molecule has 0 aliphatic rings. The molecule has 0 spiro atoms. The van der Waals surface area contributed by atoms with Gasteiger partial charge in [-0.05, 0) is 12.1 Å². The van der Waals surface area contributed by atoms with Crippen LogP contribution in [-0.4, -0.2) is 16.8 Å². The predicted octanol–water partition coefficient (Wildman–Crippen LogP) is 1.66. The molecule has 1 aromatic rings. The summed E-state index contributed by atoms with van der Waals surface area (Å²) in [5.74, 6) is -0.161. The largest absolute Gasteiger partial charge is 0.504 e. The first kappa shape index (κ1) is 8.46. The first-order valence-electron chi connectivity index (χ1n) is 3.50. The third kappa shape index (κ3) is 1.69. The van der Waals surface area contributed by atoms with Gasteiger partial charge in [0.05, 0.1) is 0 Å². The fourth-order valence-corrected chi connectivity index (χ4v) is 0.776. The summed E-state index contributed by atoms with van der Waals surface area (Å²) in [7, 11) is 0. The molecular weight excluding hydrogens is 156 g/mol. The van der Waals surface area contributed by atoms with Crippen molar-refractivity contribution >= 4 is 0 Å². The summed E-state index contributed by atoms with van der Waals surface area (Å²) in [6.07, 6.45) is 1.56. The van der Waals surface area contributed by atoms with E-state index in [0.717, 1.165) is 0 Å². The van der Waals surface area contributed by atoms with Crippen LogP contribution in [0.1, 0.15) is 0 Å². The summed E-state index contributed by atoms with van der Waals surface area (Å²) >= 11 is 0. The van der Waals surface area contributed by atoms with Crippen molar-refractivity contribution in [3.63, 3.8) is 0 Å². The van der Waals surface area contributed by atoms with Gasteiger partial charge in [0, 0.05) is 0 Å². The zero-order valence-corrected chi connectivity index (χ0v) is 6.53. The number of hydrogen-bond donors (Lipinski definition) is 2. The van der Waals surface area contributed by atoms with Crippen LogP contribution in [0.5, 0.6) is 17.2 Å². The summed E-state index contributed by atoms with van der Waals surface area (Å²) in [4.78, 5) is 0. The molecule has 0 aliphatic heterocycles. The third-order valence-corrected chi connectivity index (χ3v) is 1.33. The summed E-state index contributed by atoms with van der Waals surface area (Å²) in [5, 5.41) is 18.3. The Labute approximate surface area is 70.5 Å². The lowest BCUT2D eigenvalue weighted by Crippen LogP contribution is -1.92. The number of hydrogen-bond acceptors (Lipinski definition) is 3. The lowest BCUT2D eigenvalue weighted by Gasteiger charge is -2.05. The van der Waals surface area contributed by atoms with E-state index in [9.17, 15) is 5.11 Å². The molecule has 64 valence electrons. The van der Waals surface area contributed by atoms with Gasteiger partial charge in [-0.2, -0.15) is 0 Å². The fraction of sp³-hybridized carbons (Fsp3) is 0.111. The van der Waals surface area contributed by atoms with Crippen LogP contribution in [0, 0.1) is 0 Å². The molecule has 0 amide bonds. The van der Waals surface area contributed by atoms with Gasteiger partial charge in [0.25, 0.3) is 0 Å². The number of ether oxygens (including phenoxy) is 1. The third-order valence-electron chi connectivity index (χ3n) is 1.33. The zero-order valence-electron chi connectivity index (χ0n) is 6.53. The van der Waals surface area contributed by atoms with E-state index in [2.05, 4.69) is 6.58 Å². The quantitative estimate of drug-likeness (QED) is 0.530. The summed E-state index contributed by atoms with van der Waals surface area (Å²) < 4.78 is 5.04. The van der Waals surface area contributed by atoms with Gasteiger partial charge in [0.2, 0.25) is 5.75 Å². The van der Waals surface area contributed by atoms with Crippen molar-refractivity contribution in [2.75, 3.05) is 6.61 Å². The molecule has 2 N–H and O–H groups in total. The maximum absolute atomic E-state index is 9.21. The molecule has 12 heavy (non-hydrogen) atoms. The first-order valence-corrected chi connectivity index (χ1v) is 3.50. The van der Waals surface area contributed by atoms with Crippen LogP contribution in [0.4, 0.5) is 0 Å². The average Bonchev–Trinajstić information content (AvgIpc) is 2.08. The normalized spacial score (nSPS) is 9.33. The lowest BCUT2D eigenvalue weighted by atomic mass is 10.3. The van der Waals surface area contributed by atoms with E-state index in [-0.39, 0.29) is 17.2 Å². The Balaban J connectivity index is 2.84. The number of aromatic hydroxyl groups is 2. The van der Waals surface area contributed by atoms with Crippen LogP contribution in [0.25, 0.3) is 0 Å². The fourth-order valence-electron chi connectivity index (χ4n) is 0.776. The average molecular weight is 166 g/mol. The summed E-state index contributed by atoms with van der Waals surface area (Å²) in [6, 6.07) is 4.54.